The number of rotatable bonds is 2. The lowest BCUT2D eigenvalue weighted by atomic mass is 10.2. The molecule has 0 unspecified atom stereocenters. The van der Waals surface area contributed by atoms with Crippen LogP contribution in [-0.2, 0) is 9.63 Å². The number of nitrogen functional groups attached to an aromatic ring is 1. The summed E-state index contributed by atoms with van der Waals surface area (Å²) in [5, 5.41) is 7.06. The molecule has 0 bridgehead atoms. The van der Waals surface area contributed by atoms with Gasteiger partial charge < -0.3 is 10.6 Å². The van der Waals surface area contributed by atoms with Crippen LogP contribution in [0.4, 0.5) is 11.5 Å². The molecule has 0 aliphatic carbocycles. The molecule has 1 heterocycles. The molecule has 0 atom stereocenters. The third-order valence-corrected chi connectivity index (χ3v) is 2.30. The number of hydrogen-bond acceptors (Lipinski definition) is 7. The molecule has 0 radical (unpaired) electrons. The summed E-state index contributed by atoms with van der Waals surface area (Å²) in [7, 11) is 0. The van der Waals surface area contributed by atoms with Gasteiger partial charge in [0.05, 0.1) is 5.69 Å². The molecule has 0 amide bonds. The normalized spacial score (nSPS) is 11.2. The summed E-state index contributed by atoms with van der Waals surface area (Å²) in [5.41, 5.74) is 9.87. The van der Waals surface area contributed by atoms with Crippen LogP contribution < -0.4 is 11.2 Å². The lowest BCUT2D eigenvalue weighted by molar-refractivity contribution is -0.145. The van der Waals surface area contributed by atoms with E-state index in [2.05, 4.69) is 25.4 Å². The SMILES string of the molecule is CC(=O)ONC(=Nc1ccc(C)cc1)c1nonc1N. The largest absolute Gasteiger partial charge is 0.379 e. The Morgan fingerprint density at radius 1 is 1.35 bits per heavy atom. The van der Waals surface area contributed by atoms with E-state index in [4.69, 9.17) is 10.6 Å². The minimum absolute atomic E-state index is 0.0375. The highest BCUT2D eigenvalue weighted by molar-refractivity contribution is 6.01. The van der Waals surface area contributed by atoms with Crippen molar-refractivity contribution >= 4 is 23.3 Å². The average Bonchev–Trinajstić information content (AvgIpc) is 2.83. The van der Waals surface area contributed by atoms with Crippen molar-refractivity contribution < 1.29 is 14.3 Å². The predicted molar refractivity (Wildman–Crippen MR) is 71.0 cm³/mol. The smallest absolute Gasteiger partial charge is 0.329 e. The minimum atomic E-state index is -0.531. The van der Waals surface area contributed by atoms with E-state index in [1.165, 1.54) is 6.92 Å². The quantitative estimate of drug-likeness (QED) is 0.479. The van der Waals surface area contributed by atoms with E-state index in [-0.39, 0.29) is 17.3 Å². The zero-order valence-electron chi connectivity index (χ0n) is 11.0. The van der Waals surface area contributed by atoms with Gasteiger partial charge in [-0.2, -0.15) is 5.48 Å². The molecule has 0 spiro atoms. The Balaban J connectivity index is 2.33. The number of hydroxylamine groups is 1. The van der Waals surface area contributed by atoms with Gasteiger partial charge in [0.15, 0.2) is 17.3 Å². The highest BCUT2D eigenvalue weighted by atomic mass is 16.7. The van der Waals surface area contributed by atoms with E-state index in [0.717, 1.165) is 5.56 Å². The van der Waals surface area contributed by atoms with Gasteiger partial charge in [-0.05, 0) is 29.4 Å². The van der Waals surface area contributed by atoms with Crippen LogP contribution in [0.5, 0.6) is 0 Å². The van der Waals surface area contributed by atoms with Gasteiger partial charge in [-0.1, -0.05) is 17.7 Å². The maximum absolute atomic E-state index is 10.9. The van der Waals surface area contributed by atoms with Crippen molar-refractivity contribution in [2.24, 2.45) is 4.99 Å². The summed E-state index contributed by atoms with van der Waals surface area (Å²) in [6.07, 6.45) is 0. The van der Waals surface area contributed by atoms with Crippen LogP contribution in [0.3, 0.4) is 0 Å². The van der Waals surface area contributed by atoms with Gasteiger partial charge in [-0.25, -0.2) is 9.62 Å². The van der Waals surface area contributed by atoms with Crippen LogP contribution >= 0.6 is 0 Å². The van der Waals surface area contributed by atoms with E-state index in [0.29, 0.717) is 5.69 Å². The van der Waals surface area contributed by atoms with Crippen molar-refractivity contribution in [2.75, 3.05) is 5.73 Å². The van der Waals surface area contributed by atoms with Gasteiger partial charge in [0.2, 0.25) is 0 Å². The molecule has 3 N–H and O–H groups in total. The lowest BCUT2D eigenvalue weighted by Crippen LogP contribution is -2.27. The molecule has 0 fully saturated rings. The lowest BCUT2D eigenvalue weighted by Gasteiger charge is -2.06. The first-order valence-electron chi connectivity index (χ1n) is 5.73. The van der Waals surface area contributed by atoms with E-state index >= 15 is 0 Å². The van der Waals surface area contributed by atoms with Crippen LogP contribution in [0.25, 0.3) is 0 Å². The van der Waals surface area contributed by atoms with Gasteiger partial charge in [0, 0.05) is 6.92 Å². The van der Waals surface area contributed by atoms with Crippen molar-refractivity contribution in [2.45, 2.75) is 13.8 Å². The molecule has 104 valence electrons. The molecule has 0 aliphatic heterocycles. The number of nitrogens with two attached hydrogens (primary N) is 1. The zero-order chi connectivity index (χ0) is 14.5. The fraction of sp³-hybridized carbons (Fsp3) is 0.167. The summed E-state index contributed by atoms with van der Waals surface area (Å²) in [6.45, 7) is 3.21. The monoisotopic (exact) mass is 275 g/mol. The average molecular weight is 275 g/mol. The molecule has 0 saturated heterocycles. The number of carbonyl (C=O) groups is 1. The molecule has 20 heavy (non-hydrogen) atoms. The maximum atomic E-state index is 10.9. The molecule has 0 saturated carbocycles. The topological polar surface area (TPSA) is 116 Å². The van der Waals surface area contributed by atoms with Gasteiger partial charge >= 0.3 is 5.97 Å². The molecular formula is C12H13N5O3. The number of amidine groups is 1. The molecule has 1 aromatic heterocycles. The predicted octanol–water partition coefficient (Wildman–Crippen LogP) is 1.11. The Labute approximate surface area is 114 Å². The number of aromatic nitrogens is 2. The Morgan fingerprint density at radius 3 is 2.60 bits per heavy atom. The van der Waals surface area contributed by atoms with Crippen LogP contribution in [0.15, 0.2) is 33.9 Å². The fourth-order valence-corrected chi connectivity index (χ4v) is 1.35. The molecule has 2 rings (SSSR count). The molecule has 1 aromatic carbocycles. The van der Waals surface area contributed by atoms with Crippen LogP contribution in [-0.4, -0.2) is 22.1 Å². The number of carbonyl (C=O) groups excluding carboxylic acids is 1. The molecule has 8 heteroatoms. The van der Waals surface area contributed by atoms with Crippen molar-refractivity contribution in [3.8, 4) is 0 Å². The summed E-state index contributed by atoms with van der Waals surface area (Å²) < 4.78 is 4.50. The van der Waals surface area contributed by atoms with Crippen molar-refractivity contribution in [1.29, 1.82) is 0 Å². The number of nitrogens with one attached hydrogen (secondary N) is 1. The Hall–Kier alpha value is -2.90. The third kappa shape index (κ3) is 3.31. The number of benzene rings is 1. The summed E-state index contributed by atoms with van der Waals surface area (Å²) >= 11 is 0. The highest BCUT2D eigenvalue weighted by Crippen LogP contribution is 2.15. The Morgan fingerprint density at radius 2 is 2.05 bits per heavy atom. The zero-order valence-corrected chi connectivity index (χ0v) is 11.0. The van der Waals surface area contributed by atoms with Crippen LogP contribution in [0.2, 0.25) is 0 Å². The van der Waals surface area contributed by atoms with E-state index in [1.54, 1.807) is 12.1 Å². The minimum Gasteiger partial charge on any atom is -0.379 e. The summed E-state index contributed by atoms with van der Waals surface area (Å²) in [4.78, 5) is 19.8. The number of anilines is 1. The molecular weight excluding hydrogens is 262 g/mol. The second-order valence-corrected chi connectivity index (χ2v) is 3.99. The Bertz CT molecular complexity index is 633. The third-order valence-electron chi connectivity index (χ3n) is 2.30. The first-order valence-corrected chi connectivity index (χ1v) is 5.73. The molecule has 2 aromatic rings. The molecule has 8 nitrogen and oxygen atoms in total. The molecule has 0 aliphatic rings. The number of nitrogens with zero attached hydrogens (tertiary/aromatic N) is 3. The summed E-state index contributed by atoms with van der Waals surface area (Å²) in [6, 6.07) is 7.39. The van der Waals surface area contributed by atoms with E-state index < -0.39 is 5.97 Å². The van der Waals surface area contributed by atoms with Crippen LogP contribution in [0.1, 0.15) is 18.2 Å². The maximum Gasteiger partial charge on any atom is 0.329 e. The number of hydrogen-bond donors (Lipinski definition) is 2. The van der Waals surface area contributed by atoms with Crippen molar-refractivity contribution in [3.63, 3.8) is 0 Å². The van der Waals surface area contributed by atoms with E-state index in [9.17, 15) is 4.79 Å². The Kier molecular flexibility index (Phi) is 3.94. The standard InChI is InChI=1S/C12H13N5O3/c1-7-3-5-9(6-4-7)14-12(17-19-8(2)18)10-11(13)16-20-15-10/h3-6H,1-2H3,(H2,13,16)(H,14,17). The second-order valence-electron chi connectivity index (χ2n) is 3.99. The second kappa shape index (κ2) is 5.83. The van der Waals surface area contributed by atoms with Crippen molar-refractivity contribution in [1.82, 2.24) is 15.8 Å². The first kappa shape index (κ1) is 13.5. The van der Waals surface area contributed by atoms with Gasteiger partial charge in [-0.15, -0.1) is 0 Å². The number of aliphatic imine (C=N–C) groups is 1. The van der Waals surface area contributed by atoms with Crippen molar-refractivity contribution in [3.05, 3.63) is 35.5 Å². The van der Waals surface area contributed by atoms with Gasteiger partial charge in [-0.3, -0.25) is 4.79 Å². The first-order chi connectivity index (χ1) is 9.56. The van der Waals surface area contributed by atoms with Gasteiger partial charge in [0.25, 0.3) is 0 Å². The van der Waals surface area contributed by atoms with Gasteiger partial charge in [0.1, 0.15) is 0 Å². The fourth-order valence-electron chi connectivity index (χ4n) is 1.35. The number of aryl methyl sites for hydroxylation is 1. The highest BCUT2D eigenvalue weighted by Gasteiger charge is 2.15. The van der Waals surface area contributed by atoms with Crippen LogP contribution in [0, 0.1) is 6.92 Å². The summed E-state index contributed by atoms with van der Waals surface area (Å²) in [5.74, 6) is -0.366. The van der Waals surface area contributed by atoms with E-state index in [1.807, 2.05) is 19.1 Å².